The largest absolute Gasteiger partial charge is 0.497 e. The number of carbonyl (C=O) groups excluding carboxylic acids is 1. The van der Waals surface area contributed by atoms with E-state index < -0.39 is 18.3 Å². The van der Waals surface area contributed by atoms with E-state index in [2.05, 4.69) is 4.98 Å². The summed E-state index contributed by atoms with van der Waals surface area (Å²) in [6, 6.07) is 5.46. The van der Waals surface area contributed by atoms with Gasteiger partial charge in [-0.2, -0.15) is 0 Å². The summed E-state index contributed by atoms with van der Waals surface area (Å²) >= 11 is 0. The quantitative estimate of drug-likeness (QED) is 0.678. The van der Waals surface area contributed by atoms with E-state index in [4.69, 9.17) is 14.0 Å². The Hall–Kier alpha value is -1.79. The van der Waals surface area contributed by atoms with Crippen LogP contribution in [0.25, 0.3) is 10.9 Å². The molecule has 0 bridgehead atoms. The first kappa shape index (κ1) is 18.6. The van der Waals surface area contributed by atoms with Gasteiger partial charge in [0.1, 0.15) is 0 Å². The van der Waals surface area contributed by atoms with E-state index in [1.807, 2.05) is 53.7 Å². The first-order valence-corrected chi connectivity index (χ1v) is 8.31. The molecule has 0 radical (unpaired) electrons. The Morgan fingerprint density at radius 2 is 1.67 bits per heavy atom. The van der Waals surface area contributed by atoms with Crippen LogP contribution in [0.3, 0.4) is 0 Å². The third-order valence-corrected chi connectivity index (χ3v) is 4.67. The van der Waals surface area contributed by atoms with Gasteiger partial charge in [-0.05, 0) is 39.8 Å². The van der Waals surface area contributed by atoms with Crippen LogP contribution in [0.4, 0.5) is 0 Å². The average Bonchev–Trinajstić information content (AvgIpc) is 3.10. The number of nitrogens with one attached hydrogen (secondary N) is 1. The topological polar surface area (TPSA) is 60.6 Å². The Labute approximate surface area is 143 Å². The molecular formula is C18H26BNO4. The first-order valence-electron chi connectivity index (χ1n) is 8.31. The number of methoxy groups -OCH3 is 1. The summed E-state index contributed by atoms with van der Waals surface area (Å²) in [4.78, 5) is 15.0. The third-order valence-electron chi connectivity index (χ3n) is 4.67. The van der Waals surface area contributed by atoms with Crippen LogP contribution in [0.5, 0.6) is 0 Å². The highest BCUT2D eigenvalue weighted by Gasteiger charge is 2.52. The summed E-state index contributed by atoms with van der Waals surface area (Å²) in [6.45, 7) is 12.1. The Balaban J connectivity index is 0.00000100. The zero-order chi connectivity index (χ0) is 18.1. The van der Waals surface area contributed by atoms with Crippen LogP contribution in [0.15, 0.2) is 24.4 Å². The number of ether oxygens (including phenoxy) is 1. The molecular weight excluding hydrogens is 305 g/mol. The maximum absolute atomic E-state index is 11.9. The molecule has 1 aliphatic rings. The van der Waals surface area contributed by atoms with Crippen LogP contribution in [-0.2, 0) is 14.0 Å². The van der Waals surface area contributed by atoms with Crippen molar-refractivity contribution >= 4 is 29.5 Å². The van der Waals surface area contributed by atoms with E-state index in [0.29, 0.717) is 5.56 Å². The molecule has 0 saturated carbocycles. The van der Waals surface area contributed by atoms with Gasteiger partial charge in [0.15, 0.2) is 0 Å². The molecule has 0 amide bonds. The van der Waals surface area contributed by atoms with Crippen molar-refractivity contribution in [2.24, 2.45) is 0 Å². The molecule has 0 atom stereocenters. The zero-order valence-corrected chi connectivity index (χ0v) is 15.5. The lowest BCUT2D eigenvalue weighted by atomic mass is 9.77. The summed E-state index contributed by atoms with van der Waals surface area (Å²) < 4.78 is 17.0. The van der Waals surface area contributed by atoms with E-state index in [1.54, 1.807) is 12.3 Å². The highest BCUT2D eigenvalue weighted by molar-refractivity contribution is 6.65. The number of rotatable bonds is 2. The smallest absolute Gasteiger partial charge is 0.465 e. The lowest BCUT2D eigenvalue weighted by molar-refractivity contribution is 0.00578. The Bertz CT molecular complexity index is 720. The van der Waals surface area contributed by atoms with Crippen LogP contribution in [0.1, 0.15) is 51.9 Å². The molecule has 130 valence electrons. The molecule has 1 N–H and O–H groups in total. The fraction of sp³-hybridized carbons (Fsp3) is 0.500. The van der Waals surface area contributed by atoms with Crippen LogP contribution >= 0.6 is 0 Å². The molecule has 0 unspecified atom stereocenters. The van der Waals surface area contributed by atoms with Gasteiger partial charge in [0.25, 0.3) is 0 Å². The summed E-state index contributed by atoms with van der Waals surface area (Å²) in [7, 11) is 0.904. The van der Waals surface area contributed by atoms with Crippen molar-refractivity contribution in [3.05, 3.63) is 30.0 Å². The second kappa shape index (κ2) is 6.61. The maximum atomic E-state index is 11.9. The predicted octanol–water partition coefficient (Wildman–Crippen LogP) is 3.28. The van der Waals surface area contributed by atoms with Crippen molar-refractivity contribution in [2.45, 2.75) is 52.7 Å². The number of aromatic nitrogens is 1. The number of esters is 1. The van der Waals surface area contributed by atoms with E-state index >= 15 is 0 Å². The van der Waals surface area contributed by atoms with Crippen molar-refractivity contribution < 1.29 is 18.8 Å². The SMILES string of the molecule is CC.COC(=O)c1ccc(B2OC(C)(C)C(C)(C)O2)c2[nH]ccc12. The molecule has 1 saturated heterocycles. The van der Waals surface area contributed by atoms with Gasteiger partial charge in [0, 0.05) is 22.6 Å². The number of benzene rings is 1. The van der Waals surface area contributed by atoms with Crippen LogP contribution in [0.2, 0.25) is 0 Å². The van der Waals surface area contributed by atoms with Crippen molar-refractivity contribution in [1.82, 2.24) is 4.98 Å². The number of hydrogen-bond acceptors (Lipinski definition) is 4. The van der Waals surface area contributed by atoms with Crippen LogP contribution in [-0.4, -0.2) is 36.4 Å². The van der Waals surface area contributed by atoms with Crippen molar-refractivity contribution in [3.63, 3.8) is 0 Å². The van der Waals surface area contributed by atoms with Gasteiger partial charge in [-0.15, -0.1) is 0 Å². The Morgan fingerprint density at radius 1 is 1.08 bits per heavy atom. The normalized spacial score (nSPS) is 18.2. The van der Waals surface area contributed by atoms with E-state index in [-0.39, 0.29) is 5.97 Å². The molecule has 24 heavy (non-hydrogen) atoms. The molecule has 6 heteroatoms. The molecule has 0 aliphatic carbocycles. The first-order chi connectivity index (χ1) is 11.3. The minimum atomic E-state index is -0.474. The average molecular weight is 331 g/mol. The molecule has 2 heterocycles. The van der Waals surface area contributed by atoms with Gasteiger partial charge in [-0.25, -0.2) is 4.79 Å². The summed E-state index contributed by atoms with van der Waals surface area (Å²) in [5, 5.41) is 0.805. The summed E-state index contributed by atoms with van der Waals surface area (Å²) in [6.07, 6.45) is 1.80. The second-order valence-corrected chi connectivity index (χ2v) is 6.55. The molecule has 2 aromatic rings. The standard InChI is InChI=1S/C16H20BNO4.C2H6/c1-15(2)16(3,4)22-17(21-15)12-7-6-11(14(19)20-5)10-8-9-18-13(10)12;1-2/h6-9,18H,1-5H3;1-2H3. The number of carbonyl (C=O) groups is 1. The molecule has 1 aliphatic heterocycles. The molecule has 1 aromatic heterocycles. The highest BCUT2D eigenvalue weighted by atomic mass is 16.7. The zero-order valence-electron chi connectivity index (χ0n) is 15.5. The fourth-order valence-electron chi connectivity index (χ4n) is 2.63. The minimum Gasteiger partial charge on any atom is -0.465 e. The highest BCUT2D eigenvalue weighted by Crippen LogP contribution is 2.37. The van der Waals surface area contributed by atoms with Crippen molar-refractivity contribution in [1.29, 1.82) is 0 Å². The lowest BCUT2D eigenvalue weighted by Gasteiger charge is -2.32. The summed E-state index contributed by atoms with van der Waals surface area (Å²) in [5.74, 6) is -0.356. The third kappa shape index (κ3) is 2.96. The van der Waals surface area contributed by atoms with Crippen molar-refractivity contribution in [2.75, 3.05) is 7.11 Å². The van der Waals surface area contributed by atoms with Crippen LogP contribution < -0.4 is 5.46 Å². The van der Waals surface area contributed by atoms with Crippen molar-refractivity contribution in [3.8, 4) is 0 Å². The van der Waals surface area contributed by atoms with E-state index in [0.717, 1.165) is 16.4 Å². The fourth-order valence-corrected chi connectivity index (χ4v) is 2.63. The second-order valence-electron chi connectivity index (χ2n) is 6.55. The summed E-state index contributed by atoms with van der Waals surface area (Å²) in [5.41, 5.74) is 1.43. The monoisotopic (exact) mass is 331 g/mol. The molecule has 0 spiro atoms. The number of H-pyrrole nitrogens is 1. The van der Waals surface area contributed by atoms with Crippen LogP contribution in [0, 0.1) is 0 Å². The van der Waals surface area contributed by atoms with Gasteiger partial charge in [0.05, 0.1) is 23.9 Å². The van der Waals surface area contributed by atoms with Gasteiger partial charge in [0.2, 0.25) is 0 Å². The van der Waals surface area contributed by atoms with Gasteiger partial charge in [-0.1, -0.05) is 19.9 Å². The molecule has 3 rings (SSSR count). The molecule has 1 aromatic carbocycles. The minimum absolute atomic E-state index is 0.356. The number of fused-ring (bicyclic) bond motifs is 1. The van der Waals surface area contributed by atoms with Gasteiger partial charge >= 0.3 is 13.1 Å². The molecule has 1 fully saturated rings. The van der Waals surface area contributed by atoms with Gasteiger partial charge < -0.3 is 19.0 Å². The van der Waals surface area contributed by atoms with Gasteiger partial charge in [-0.3, -0.25) is 0 Å². The number of hydrogen-bond donors (Lipinski definition) is 1. The predicted molar refractivity (Wildman–Crippen MR) is 96.7 cm³/mol. The molecule has 5 nitrogen and oxygen atoms in total. The van der Waals surface area contributed by atoms with E-state index in [1.165, 1.54) is 7.11 Å². The number of aromatic amines is 1. The lowest BCUT2D eigenvalue weighted by Crippen LogP contribution is -2.41. The maximum Gasteiger partial charge on any atom is 0.497 e. The van der Waals surface area contributed by atoms with E-state index in [9.17, 15) is 4.79 Å². The Kier molecular flexibility index (Phi) is 5.11. The Morgan fingerprint density at radius 3 is 2.21 bits per heavy atom.